The molecule has 0 bridgehead atoms. The molecule has 136 valence electrons. The van der Waals surface area contributed by atoms with E-state index < -0.39 is 0 Å². The highest BCUT2D eigenvalue weighted by Crippen LogP contribution is 2.50. The summed E-state index contributed by atoms with van der Waals surface area (Å²) in [4.78, 5) is 7.24. The summed E-state index contributed by atoms with van der Waals surface area (Å²) in [6.45, 7) is 11.4. The Hall–Kier alpha value is -1.76. The number of fused-ring (bicyclic) bond motifs is 1. The van der Waals surface area contributed by atoms with Crippen molar-refractivity contribution >= 4 is 0 Å². The highest BCUT2D eigenvalue weighted by Gasteiger charge is 2.54. The molecule has 1 aliphatic carbocycles. The molecule has 1 saturated carbocycles. The molecule has 0 aromatic carbocycles. The lowest BCUT2D eigenvalue weighted by atomic mass is 9.80. The first-order valence-electron chi connectivity index (χ1n) is 9.45. The first-order chi connectivity index (χ1) is 12.0. The molecule has 2 aromatic heterocycles. The number of hydrogen-bond acceptors (Lipinski definition) is 6. The van der Waals surface area contributed by atoms with Crippen LogP contribution in [-0.2, 0) is 12.0 Å². The third kappa shape index (κ3) is 2.88. The van der Waals surface area contributed by atoms with E-state index in [-0.39, 0.29) is 5.41 Å². The van der Waals surface area contributed by atoms with E-state index in [4.69, 9.17) is 9.51 Å². The third-order valence-electron chi connectivity index (χ3n) is 5.80. The van der Waals surface area contributed by atoms with Gasteiger partial charge in [-0.05, 0) is 32.6 Å². The van der Waals surface area contributed by atoms with Gasteiger partial charge in [0.1, 0.15) is 0 Å². The van der Waals surface area contributed by atoms with E-state index in [2.05, 4.69) is 54.3 Å². The molecule has 1 saturated heterocycles. The van der Waals surface area contributed by atoms with E-state index >= 15 is 0 Å². The molecule has 4 rings (SSSR count). The number of aromatic nitrogens is 5. The standard InChI is InChI=1S/C18H28N6O/c1-12(2)16-19-17(25-21-16)18-7-5-6-14(18)8-23(11-18)9-15-10-24(13(3)4)22-20-15/h10,12-14H,5-9,11H2,1-4H3/t14-,18-/m1/s1. The molecule has 2 atom stereocenters. The first-order valence-corrected chi connectivity index (χ1v) is 9.45. The van der Waals surface area contributed by atoms with Crippen LogP contribution in [0.3, 0.4) is 0 Å². The monoisotopic (exact) mass is 344 g/mol. The fourth-order valence-electron chi connectivity index (χ4n) is 4.40. The van der Waals surface area contributed by atoms with Crippen LogP contribution in [0, 0.1) is 5.92 Å². The Labute approximate surface area is 148 Å². The zero-order valence-corrected chi connectivity index (χ0v) is 15.6. The Morgan fingerprint density at radius 1 is 1.32 bits per heavy atom. The fourth-order valence-corrected chi connectivity index (χ4v) is 4.40. The van der Waals surface area contributed by atoms with Crippen molar-refractivity contribution in [3.05, 3.63) is 23.6 Å². The molecular formula is C18H28N6O. The molecule has 2 aliphatic rings. The summed E-state index contributed by atoms with van der Waals surface area (Å²) < 4.78 is 7.65. The average molecular weight is 344 g/mol. The highest BCUT2D eigenvalue weighted by atomic mass is 16.5. The molecule has 7 nitrogen and oxygen atoms in total. The highest BCUT2D eigenvalue weighted by molar-refractivity contribution is 5.18. The van der Waals surface area contributed by atoms with E-state index in [0.717, 1.165) is 43.5 Å². The number of rotatable bonds is 5. The third-order valence-corrected chi connectivity index (χ3v) is 5.80. The van der Waals surface area contributed by atoms with Crippen molar-refractivity contribution in [2.45, 2.75) is 70.9 Å². The van der Waals surface area contributed by atoms with Crippen LogP contribution in [0.4, 0.5) is 0 Å². The van der Waals surface area contributed by atoms with Crippen LogP contribution in [0.1, 0.15) is 76.3 Å². The van der Waals surface area contributed by atoms with E-state index in [9.17, 15) is 0 Å². The van der Waals surface area contributed by atoms with Gasteiger partial charge < -0.3 is 4.52 Å². The molecule has 0 radical (unpaired) electrons. The lowest BCUT2D eigenvalue weighted by Crippen LogP contribution is -2.32. The van der Waals surface area contributed by atoms with Crippen LogP contribution >= 0.6 is 0 Å². The number of likely N-dealkylation sites (tertiary alicyclic amines) is 1. The zero-order chi connectivity index (χ0) is 17.6. The van der Waals surface area contributed by atoms with Gasteiger partial charge in [-0.3, -0.25) is 4.90 Å². The molecule has 2 aromatic rings. The Kier molecular flexibility index (Phi) is 4.14. The summed E-state index contributed by atoms with van der Waals surface area (Å²) in [6.07, 6.45) is 5.71. The van der Waals surface area contributed by atoms with Crippen LogP contribution in [0.2, 0.25) is 0 Å². The zero-order valence-electron chi connectivity index (χ0n) is 15.6. The first kappa shape index (κ1) is 16.7. The minimum atomic E-state index is 0.0359. The summed E-state index contributed by atoms with van der Waals surface area (Å²) in [5, 5.41) is 12.8. The maximum absolute atomic E-state index is 5.73. The van der Waals surface area contributed by atoms with Gasteiger partial charge in [0.2, 0.25) is 5.89 Å². The normalized spacial score (nSPS) is 26.9. The summed E-state index contributed by atoms with van der Waals surface area (Å²) in [7, 11) is 0. The van der Waals surface area contributed by atoms with Crippen molar-refractivity contribution in [3.63, 3.8) is 0 Å². The van der Waals surface area contributed by atoms with Gasteiger partial charge in [0, 0.05) is 31.6 Å². The molecular weight excluding hydrogens is 316 g/mol. The van der Waals surface area contributed by atoms with Crippen molar-refractivity contribution in [2.24, 2.45) is 5.92 Å². The Balaban J connectivity index is 1.52. The van der Waals surface area contributed by atoms with E-state index in [1.165, 1.54) is 12.8 Å². The molecule has 0 N–H and O–H groups in total. The predicted octanol–water partition coefficient (Wildman–Crippen LogP) is 2.92. The largest absolute Gasteiger partial charge is 0.339 e. The van der Waals surface area contributed by atoms with Gasteiger partial charge in [0.25, 0.3) is 0 Å². The number of nitrogens with zero attached hydrogens (tertiary/aromatic N) is 6. The second-order valence-corrected chi connectivity index (χ2v) is 8.31. The summed E-state index contributed by atoms with van der Waals surface area (Å²) in [5.41, 5.74) is 1.07. The Morgan fingerprint density at radius 3 is 2.84 bits per heavy atom. The smallest absolute Gasteiger partial charge is 0.234 e. The van der Waals surface area contributed by atoms with Crippen LogP contribution in [0.15, 0.2) is 10.7 Å². The average Bonchev–Trinajstić information content (AvgIpc) is 3.29. The SMILES string of the molecule is CC(C)c1noc([C@@]23CCC[C@@H]2CN(Cc2cn(C(C)C)nn2)C3)n1. The second kappa shape index (κ2) is 6.20. The maximum atomic E-state index is 5.73. The Bertz CT molecular complexity index is 736. The van der Waals surface area contributed by atoms with Gasteiger partial charge in [0.15, 0.2) is 5.82 Å². The van der Waals surface area contributed by atoms with Gasteiger partial charge in [-0.15, -0.1) is 5.10 Å². The van der Waals surface area contributed by atoms with Gasteiger partial charge in [-0.25, -0.2) is 4.68 Å². The van der Waals surface area contributed by atoms with Gasteiger partial charge in [-0.1, -0.05) is 30.6 Å². The second-order valence-electron chi connectivity index (χ2n) is 8.31. The molecule has 1 aliphatic heterocycles. The lowest BCUT2D eigenvalue weighted by molar-refractivity contribution is 0.243. The molecule has 0 amide bonds. The minimum Gasteiger partial charge on any atom is -0.339 e. The molecule has 0 unspecified atom stereocenters. The minimum absolute atomic E-state index is 0.0359. The van der Waals surface area contributed by atoms with E-state index in [1.807, 2.05) is 4.68 Å². The van der Waals surface area contributed by atoms with Crippen molar-refractivity contribution in [3.8, 4) is 0 Å². The van der Waals surface area contributed by atoms with Crippen LogP contribution in [0.25, 0.3) is 0 Å². The van der Waals surface area contributed by atoms with Gasteiger partial charge in [-0.2, -0.15) is 4.98 Å². The van der Waals surface area contributed by atoms with Crippen LogP contribution in [0.5, 0.6) is 0 Å². The summed E-state index contributed by atoms with van der Waals surface area (Å²) in [6, 6.07) is 0.346. The van der Waals surface area contributed by atoms with Gasteiger partial charge in [0.05, 0.1) is 17.3 Å². The van der Waals surface area contributed by atoms with Crippen LogP contribution in [-0.4, -0.2) is 43.1 Å². The molecule has 7 heteroatoms. The maximum Gasteiger partial charge on any atom is 0.234 e. The van der Waals surface area contributed by atoms with Crippen molar-refractivity contribution in [1.82, 2.24) is 30.0 Å². The predicted molar refractivity (Wildman–Crippen MR) is 93.1 cm³/mol. The summed E-state index contributed by atoms with van der Waals surface area (Å²) >= 11 is 0. The summed E-state index contributed by atoms with van der Waals surface area (Å²) in [5.74, 6) is 2.59. The lowest BCUT2D eigenvalue weighted by Gasteiger charge is -2.24. The van der Waals surface area contributed by atoms with E-state index in [0.29, 0.717) is 17.9 Å². The molecule has 25 heavy (non-hydrogen) atoms. The Morgan fingerprint density at radius 2 is 2.16 bits per heavy atom. The molecule has 2 fully saturated rings. The van der Waals surface area contributed by atoms with E-state index in [1.54, 1.807) is 0 Å². The fraction of sp³-hybridized carbons (Fsp3) is 0.778. The quantitative estimate of drug-likeness (QED) is 0.830. The van der Waals surface area contributed by atoms with Crippen LogP contribution < -0.4 is 0 Å². The number of hydrogen-bond donors (Lipinski definition) is 0. The topological polar surface area (TPSA) is 72.9 Å². The van der Waals surface area contributed by atoms with Crippen molar-refractivity contribution in [2.75, 3.05) is 13.1 Å². The molecule has 0 spiro atoms. The van der Waals surface area contributed by atoms with Crippen molar-refractivity contribution < 1.29 is 4.52 Å². The van der Waals surface area contributed by atoms with Gasteiger partial charge >= 0.3 is 0 Å². The van der Waals surface area contributed by atoms with Crippen molar-refractivity contribution in [1.29, 1.82) is 0 Å². The molecule has 3 heterocycles.